The van der Waals surface area contributed by atoms with Crippen LogP contribution in [0.3, 0.4) is 0 Å². The van der Waals surface area contributed by atoms with Crippen LogP contribution in [-0.4, -0.2) is 0 Å². The monoisotopic (exact) mass is 185 g/mol. The first-order chi connectivity index (χ1) is 5.70. The molecule has 1 aromatic rings. The molecule has 1 aromatic carbocycles. The maximum Gasteiger partial charge on any atom is 0.146 e. The Labute approximate surface area is 75.3 Å². The first-order valence-corrected chi connectivity index (χ1v) is 4.30. The van der Waals surface area contributed by atoms with Gasteiger partial charge in [-0.2, -0.15) is 0 Å². The first kappa shape index (κ1) is 8.02. The van der Waals surface area contributed by atoms with Gasteiger partial charge in [-0.15, -0.1) is 0 Å². The van der Waals surface area contributed by atoms with Gasteiger partial charge in [-0.3, -0.25) is 0 Å². The van der Waals surface area contributed by atoms with Gasteiger partial charge in [0.2, 0.25) is 0 Å². The second-order valence-electron chi connectivity index (χ2n) is 3.08. The van der Waals surface area contributed by atoms with Crippen molar-refractivity contribution in [1.82, 2.24) is 0 Å². The predicted octanol–water partition coefficient (Wildman–Crippen LogP) is 2.43. The number of aryl methyl sites for hydroxylation is 1. The van der Waals surface area contributed by atoms with Crippen LogP contribution in [0.5, 0.6) is 0 Å². The van der Waals surface area contributed by atoms with E-state index in [2.05, 4.69) is 0 Å². The van der Waals surface area contributed by atoms with Crippen molar-refractivity contribution in [2.24, 2.45) is 5.73 Å². The van der Waals surface area contributed by atoms with E-state index >= 15 is 0 Å². The fourth-order valence-electron chi connectivity index (χ4n) is 1.68. The standard InChI is InChI=1S/C9H9ClFN/c10-6-3-1-5-2-4-7(12)8(5)9(6)11/h1,3,7H,2,4,12H2/t7-/m0/s1. The van der Waals surface area contributed by atoms with E-state index in [1.807, 2.05) is 6.07 Å². The van der Waals surface area contributed by atoms with Crippen LogP contribution in [0.4, 0.5) is 4.39 Å². The average molecular weight is 186 g/mol. The SMILES string of the molecule is N[C@H]1CCc2ccc(Cl)c(F)c21. The molecule has 0 fully saturated rings. The zero-order valence-corrected chi connectivity index (χ0v) is 7.24. The highest BCUT2D eigenvalue weighted by atomic mass is 35.5. The molecular formula is C9H9ClFN. The molecule has 64 valence electrons. The summed E-state index contributed by atoms with van der Waals surface area (Å²) in [6, 6.07) is 3.28. The molecule has 1 atom stereocenters. The number of fused-ring (bicyclic) bond motifs is 1. The molecule has 2 rings (SSSR count). The van der Waals surface area contributed by atoms with E-state index in [9.17, 15) is 4.39 Å². The third-order valence-corrected chi connectivity index (χ3v) is 2.61. The van der Waals surface area contributed by atoms with E-state index in [4.69, 9.17) is 17.3 Å². The summed E-state index contributed by atoms with van der Waals surface area (Å²) in [6.07, 6.45) is 1.69. The summed E-state index contributed by atoms with van der Waals surface area (Å²) >= 11 is 5.63. The number of hydrogen-bond donors (Lipinski definition) is 1. The van der Waals surface area contributed by atoms with Crippen molar-refractivity contribution in [3.05, 3.63) is 34.1 Å². The minimum absolute atomic E-state index is 0.168. The highest BCUT2D eigenvalue weighted by Crippen LogP contribution is 2.34. The third kappa shape index (κ3) is 1.03. The van der Waals surface area contributed by atoms with Crippen LogP contribution in [0.2, 0.25) is 5.02 Å². The van der Waals surface area contributed by atoms with Gasteiger partial charge in [-0.25, -0.2) is 4.39 Å². The van der Waals surface area contributed by atoms with Gasteiger partial charge >= 0.3 is 0 Å². The summed E-state index contributed by atoms with van der Waals surface area (Å²) < 4.78 is 13.3. The van der Waals surface area contributed by atoms with Crippen molar-refractivity contribution < 1.29 is 4.39 Å². The van der Waals surface area contributed by atoms with E-state index < -0.39 is 0 Å². The Hall–Kier alpha value is -0.600. The van der Waals surface area contributed by atoms with Gasteiger partial charge in [0.25, 0.3) is 0 Å². The minimum Gasteiger partial charge on any atom is -0.324 e. The molecule has 0 saturated carbocycles. The second-order valence-corrected chi connectivity index (χ2v) is 3.49. The van der Waals surface area contributed by atoms with Crippen LogP contribution in [0.1, 0.15) is 23.6 Å². The lowest BCUT2D eigenvalue weighted by Gasteiger charge is -2.06. The summed E-state index contributed by atoms with van der Waals surface area (Å²) in [5, 5.41) is 0.172. The molecule has 0 aliphatic heterocycles. The quantitative estimate of drug-likeness (QED) is 0.660. The summed E-state index contributed by atoms with van der Waals surface area (Å²) in [6.45, 7) is 0. The molecule has 12 heavy (non-hydrogen) atoms. The zero-order chi connectivity index (χ0) is 8.72. The maximum atomic E-state index is 13.3. The predicted molar refractivity (Wildman–Crippen MR) is 46.7 cm³/mol. The van der Waals surface area contributed by atoms with Crippen LogP contribution >= 0.6 is 11.6 Å². The molecule has 2 N–H and O–H groups in total. The minimum atomic E-state index is -0.334. The lowest BCUT2D eigenvalue weighted by atomic mass is 10.1. The Kier molecular flexibility index (Phi) is 1.81. The molecule has 1 nitrogen and oxygen atoms in total. The summed E-state index contributed by atoms with van der Waals surface area (Å²) in [5.41, 5.74) is 7.33. The van der Waals surface area contributed by atoms with Crippen molar-refractivity contribution in [1.29, 1.82) is 0 Å². The van der Waals surface area contributed by atoms with Crippen molar-refractivity contribution >= 4 is 11.6 Å². The first-order valence-electron chi connectivity index (χ1n) is 3.92. The Bertz CT molecular complexity index is 325. The summed E-state index contributed by atoms with van der Waals surface area (Å²) in [7, 11) is 0. The Morgan fingerprint density at radius 3 is 3.00 bits per heavy atom. The molecule has 0 aromatic heterocycles. The highest BCUT2D eigenvalue weighted by molar-refractivity contribution is 6.30. The van der Waals surface area contributed by atoms with Crippen molar-refractivity contribution in [2.45, 2.75) is 18.9 Å². The molecule has 0 saturated heterocycles. The van der Waals surface area contributed by atoms with Gasteiger partial charge in [0.05, 0.1) is 5.02 Å². The molecule has 1 aliphatic rings. The zero-order valence-electron chi connectivity index (χ0n) is 6.48. The molecule has 0 radical (unpaired) electrons. The van der Waals surface area contributed by atoms with Gasteiger partial charge in [-0.1, -0.05) is 17.7 Å². The van der Waals surface area contributed by atoms with Gasteiger partial charge in [0.1, 0.15) is 5.82 Å². The van der Waals surface area contributed by atoms with Crippen molar-refractivity contribution in [3.8, 4) is 0 Å². The van der Waals surface area contributed by atoms with Crippen molar-refractivity contribution in [3.63, 3.8) is 0 Å². The molecule has 0 unspecified atom stereocenters. The average Bonchev–Trinajstić information content (AvgIpc) is 2.41. The van der Waals surface area contributed by atoms with E-state index in [-0.39, 0.29) is 16.9 Å². The number of rotatable bonds is 0. The lowest BCUT2D eigenvalue weighted by molar-refractivity contribution is 0.589. The number of nitrogens with two attached hydrogens (primary N) is 1. The second kappa shape index (κ2) is 2.71. The smallest absolute Gasteiger partial charge is 0.146 e. The molecule has 1 aliphatic carbocycles. The van der Waals surface area contributed by atoms with E-state index in [0.717, 1.165) is 18.4 Å². The molecule has 3 heteroatoms. The van der Waals surface area contributed by atoms with Crippen LogP contribution in [0.15, 0.2) is 12.1 Å². The van der Waals surface area contributed by atoms with Crippen molar-refractivity contribution in [2.75, 3.05) is 0 Å². The van der Waals surface area contributed by atoms with Gasteiger partial charge in [-0.05, 0) is 24.5 Å². The molecule has 0 bridgehead atoms. The number of hydrogen-bond acceptors (Lipinski definition) is 1. The van der Waals surface area contributed by atoms with Crippen LogP contribution in [-0.2, 0) is 6.42 Å². The fourth-order valence-corrected chi connectivity index (χ4v) is 1.85. The largest absolute Gasteiger partial charge is 0.324 e. The van der Waals surface area contributed by atoms with E-state index in [0.29, 0.717) is 5.56 Å². The van der Waals surface area contributed by atoms with Crippen LogP contribution in [0.25, 0.3) is 0 Å². The Morgan fingerprint density at radius 2 is 2.25 bits per heavy atom. The van der Waals surface area contributed by atoms with Gasteiger partial charge in [0, 0.05) is 11.6 Å². The number of halogens is 2. The lowest BCUT2D eigenvalue weighted by Crippen LogP contribution is -2.07. The maximum absolute atomic E-state index is 13.3. The van der Waals surface area contributed by atoms with Gasteiger partial charge in [0.15, 0.2) is 0 Å². The summed E-state index contributed by atoms with van der Waals surface area (Å²) in [4.78, 5) is 0. The molecule has 0 heterocycles. The highest BCUT2D eigenvalue weighted by Gasteiger charge is 2.23. The summed E-state index contributed by atoms with van der Waals surface area (Å²) in [5.74, 6) is -0.334. The van der Waals surface area contributed by atoms with Crippen LogP contribution < -0.4 is 5.73 Å². The normalized spacial score (nSPS) is 21.1. The molecular weight excluding hydrogens is 177 g/mol. The van der Waals surface area contributed by atoms with E-state index in [1.165, 1.54) is 0 Å². The molecule has 0 amide bonds. The Morgan fingerprint density at radius 1 is 1.50 bits per heavy atom. The van der Waals surface area contributed by atoms with E-state index in [1.54, 1.807) is 6.07 Å². The topological polar surface area (TPSA) is 26.0 Å². The van der Waals surface area contributed by atoms with Gasteiger partial charge < -0.3 is 5.73 Å². The number of benzene rings is 1. The molecule has 0 spiro atoms. The third-order valence-electron chi connectivity index (χ3n) is 2.32. The Balaban J connectivity index is 2.63. The van der Waals surface area contributed by atoms with Crippen LogP contribution in [0, 0.1) is 5.82 Å². The fraction of sp³-hybridized carbons (Fsp3) is 0.333.